The van der Waals surface area contributed by atoms with Gasteiger partial charge >= 0.3 is 5.97 Å². The highest BCUT2D eigenvalue weighted by Crippen LogP contribution is 2.22. The Morgan fingerprint density at radius 1 is 1.00 bits per heavy atom. The Kier molecular flexibility index (Phi) is 6.85. The van der Waals surface area contributed by atoms with Gasteiger partial charge in [-0.3, -0.25) is 14.4 Å². The molecule has 1 amide bonds. The normalized spacial score (nSPS) is 10.6. The number of ether oxygens (including phenoxy) is 2. The van der Waals surface area contributed by atoms with Crippen molar-refractivity contribution in [2.45, 2.75) is 20.3 Å². The first-order valence-corrected chi connectivity index (χ1v) is 9.83. The molecule has 1 aromatic heterocycles. The van der Waals surface area contributed by atoms with Crippen LogP contribution >= 0.6 is 0 Å². The Morgan fingerprint density at radius 2 is 1.80 bits per heavy atom. The van der Waals surface area contributed by atoms with Gasteiger partial charge in [0.05, 0.1) is 12.2 Å². The molecule has 0 unspecified atom stereocenters. The van der Waals surface area contributed by atoms with Crippen LogP contribution < -0.4 is 10.1 Å². The molecule has 2 aromatic carbocycles. The Bertz CT molecular complexity index is 1070. The van der Waals surface area contributed by atoms with Gasteiger partial charge in [-0.15, -0.1) is 0 Å². The predicted octanol–water partition coefficient (Wildman–Crippen LogP) is 3.28. The number of nitrogens with one attached hydrogen (secondary N) is 2. The van der Waals surface area contributed by atoms with Crippen molar-refractivity contribution >= 4 is 28.6 Å². The van der Waals surface area contributed by atoms with E-state index in [1.165, 1.54) is 0 Å². The average molecular weight is 408 g/mol. The van der Waals surface area contributed by atoms with E-state index in [0.717, 1.165) is 22.9 Å². The smallest absolute Gasteiger partial charge is 0.325 e. The van der Waals surface area contributed by atoms with Crippen LogP contribution in [0.25, 0.3) is 10.9 Å². The van der Waals surface area contributed by atoms with Gasteiger partial charge in [-0.05, 0) is 31.0 Å². The monoisotopic (exact) mass is 408 g/mol. The molecule has 3 aromatic rings. The minimum atomic E-state index is -0.695. The Hall–Kier alpha value is -3.61. The number of carbonyl (C=O) groups excluding carboxylic acids is 3. The molecular weight excluding hydrogens is 384 g/mol. The molecule has 7 heteroatoms. The topological polar surface area (TPSA) is 97.5 Å². The van der Waals surface area contributed by atoms with Crippen LogP contribution in [-0.4, -0.2) is 42.4 Å². The molecular formula is C23H24N2O5. The summed E-state index contributed by atoms with van der Waals surface area (Å²) in [5.74, 6) is -1.02. The molecule has 0 fully saturated rings. The molecule has 0 spiro atoms. The van der Waals surface area contributed by atoms with Gasteiger partial charge in [-0.25, -0.2) is 0 Å². The van der Waals surface area contributed by atoms with Crippen LogP contribution in [0.15, 0.2) is 48.7 Å². The van der Waals surface area contributed by atoms with Gasteiger partial charge in [-0.1, -0.05) is 37.3 Å². The van der Waals surface area contributed by atoms with Crippen molar-refractivity contribution in [3.05, 3.63) is 65.4 Å². The first-order valence-electron chi connectivity index (χ1n) is 9.83. The molecule has 0 aliphatic heterocycles. The zero-order valence-electron chi connectivity index (χ0n) is 17.0. The van der Waals surface area contributed by atoms with Crippen molar-refractivity contribution in [2.24, 2.45) is 0 Å². The van der Waals surface area contributed by atoms with Crippen molar-refractivity contribution in [3.63, 3.8) is 0 Å². The zero-order chi connectivity index (χ0) is 21.5. The van der Waals surface area contributed by atoms with E-state index in [-0.39, 0.29) is 12.3 Å². The number of hydrogen-bond donors (Lipinski definition) is 2. The summed E-state index contributed by atoms with van der Waals surface area (Å²) < 4.78 is 10.5. The maximum absolute atomic E-state index is 12.5. The molecule has 156 valence electrons. The van der Waals surface area contributed by atoms with Crippen LogP contribution in [0.1, 0.15) is 40.1 Å². The summed E-state index contributed by atoms with van der Waals surface area (Å²) in [6.45, 7) is 3.54. The lowest BCUT2D eigenvalue weighted by Gasteiger charge is -2.10. The van der Waals surface area contributed by atoms with Crippen LogP contribution in [-0.2, 0) is 16.0 Å². The fourth-order valence-electron chi connectivity index (χ4n) is 3.20. The number of H-pyrrole nitrogens is 1. The molecule has 2 N–H and O–H groups in total. The van der Waals surface area contributed by atoms with Crippen LogP contribution in [0.4, 0.5) is 0 Å². The summed E-state index contributed by atoms with van der Waals surface area (Å²) in [6, 6.07) is 12.5. The lowest BCUT2D eigenvalue weighted by atomic mass is 10.1. The highest BCUT2D eigenvalue weighted by Gasteiger charge is 2.17. The highest BCUT2D eigenvalue weighted by molar-refractivity contribution is 6.09. The second-order valence-corrected chi connectivity index (χ2v) is 6.59. The largest absolute Gasteiger partial charge is 0.493 e. The van der Waals surface area contributed by atoms with Crippen LogP contribution in [0.5, 0.6) is 5.75 Å². The zero-order valence-corrected chi connectivity index (χ0v) is 17.0. The summed E-state index contributed by atoms with van der Waals surface area (Å²) in [6.07, 6.45) is 2.47. The number of esters is 1. The summed E-state index contributed by atoms with van der Waals surface area (Å²) in [5, 5.41) is 3.29. The standard InChI is InChI=1S/C23H24N2O5/c1-3-15-8-7-10-16-18(12-24-22(15)16)19(26)14-30-21(27)13-25-23(28)17-9-5-6-11-20(17)29-4-2/h5-12,24H,3-4,13-14H2,1-2H3,(H,25,28). The van der Waals surface area contributed by atoms with Crippen LogP contribution in [0, 0.1) is 0 Å². The molecule has 3 rings (SSSR count). The summed E-state index contributed by atoms with van der Waals surface area (Å²) in [4.78, 5) is 39.9. The number of benzene rings is 2. The molecule has 0 saturated heterocycles. The van der Waals surface area contributed by atoms with Crippen molar-refractivity contribution in [2.75, 3.05) is 19.8 Å². The van der Waals surface area contributed by atoms with Gasteiger partial charge in [0.1, 0.15) is 12.3 Å². The lowest BCUT2D eigenvalue weighted by Crippen LogP contribution is -2.31. The number of hydrogen-bond acceptors (Lipinski definition) is 5. The number of aromatic amines is 1. The number of Topliss-reactive ketones (excluding diaryl/α,β-unsaturated/α-hetero) is 1. The second kappa shape index (κ2) is 9.73. The van der Waals surface area contributed by atoms with Gasteiger partial charge in [0.25, 0.3) is 5.91 Å². The minimum Gasteiger partial charge on any atom is -0.493 e. The number of aryl methyl sites for hydroxylation is 1. The molecule has 0 bridgehead atoms. The highest BCUT2D eigenvalue weighted by atomic mass is 16.5. The van der Waals surface area contributed by atoms with E-state index in [1.807, 2.05) is 32.0 Å². The van der Waals surface area contributed by atoms with Gasteiger partial charge in [-0.2, -0.15) is 0 Å². The van der Waals surface area contributed by atoms with E-state index in [2.05, 4.69) is 10.3 Å². The number of para-hydroxylation sites is 2. The Balaban J connectivity index is 1.55. The molecule has 0 saturated carbocycles. The first-order chi connectivity index (χ1) is 14.5. The fraction of sp³-hybridized carbons (Fsp3) is 0.261. The molecule has 0 aliphatic carbocycles. The van der Waals surface area contributed by atoms with Crippen molar-refractivity contribution in [3.8, 4) is 5.75 Å². The quantitative estimate of drug-likeness (QED) is 0.418. The van der Waals surface area contributed by atoms with E-state index in [0.29, 0.717) is 23.5 Å². The van der Waals surface area contributed by atoms with Crippen molar-refractivity contribution in [1.29, 1.82) is 0 Å². The van der Waals surface area contributed by atoms with E-state index in [1.54, 1.807) is 30.5 Å². The number of carbonyl (C=O) groups is 3. The van der Waals surface area contributed by atoms with E-state index in [4.69, 9.17) is 9.47 Å². The number of rotatable bonds is 9. The summed E-state index contributed by atoms with van der Waals surface area (Å²) in [7, 11) is 0. The minimum absolute atomic E-state index is 0.309. The average Bonchev–Trinajstić information content (AvgIpc) is 3.21. The predicted molar refractivity (Wildman–Crippen MR) is 113 cm³/mol. The first kappa shape index (κ1) is 21.1. The van der Waals surface area contributed by atoms with E-state index in [9.17, 15) is 14.4 Å². The SMILES string of the molecule is CCOc1ccccc1C(=O)NCC(=O)OCC(=O)c1c[nH]c2c(CC)cccc12. The number of aromatic nitrogens is 1. The maximum Gasteiger partial charge on any atom is 0.325 e. The third kappa shape index (κ3) is 4.68. The Labute approximate surface area is 174 Å². The Morgan fingerprint density at radius 3 is 2.57 bits per heavy atom. The third-order valence-corrected chi connectivity index (χ3v) is 4.67. The maximum atomic E-state index is 12.5. The molecule has 0 radical (unpaired) electrons. The molecule has 7 nitrogen and oxygen atoms in total. The number of fused-ring (bicyclic) bond motifs is 1. The molecule has 0 aliphatic rings. The van der Waals surface area contributed by atoms with Gasteiger partial charge in [0.15, 0.2) is 6.61 Å². The van der Waals surface area contributed by atoms with Crippen molar-refractivity contribution < 1.29 is 23.9 Å². The lowest BCUT2D eigenvalue weighted by molar-refractivity contribution is -0.141. The van der Waals surface area contributed by atoms with Gasteiger partial charge in [0, 0.05) is 22.7 Å². The third-order valence-electron chi connectivity index (χ3n) is 4.67. The van der Waals surface area contributed by atoms with Gasteiger partial charge < -0.3 is 19.8 Å². The molecule has 0 atom stereocenters. The fourth-order valence-corrected chi connectivity index (χ4v) is 3.20. The molecule has 30 heavy (non-hydrogen) atoms. The second-order valence-electron chi connectivity index (χ2n) is 6.59. The number of amides is 1. The summed E-state index contributed by atoms with van der Waals surface area (Å²) in [5.41, 5.74) is 2.82. The van der Waals surface area contributed by atoms with E-state index >= 15 is 0 Å². The van der Waals surface area contributed by atoms with Crippen LogP contribution in [0.2, 0.25) is 0 Å². The van der Waals surface area contributed by atoms with E-state index < -0.39 is 18.5 Å². The summed E-state index contributed by atoms with van der Waals surface area (Å²) >= 11 is 0. The van der Waals surface area contributed by atoms with Gasteiger partial charge in [0.2, 0.25) is 5.78 Å². The van der Waals surface area contributed by atoms with Crippen molar-refractivity contribution in [1.82, 2.24) is 10.3 Å². The van der Waals surface area contributed by atoms with Crippen LogP contribution in [0.3, 0.4) is 0 Å². The number of ketones is 1. The molecule has 1 heterocycles.